The van der Waals surface area contributed by atoms with E-state index in [4.69, 9.17) is 4.74 Å². The quantitative estimate of drug-likeness (QED) is 0.592. The SMILES string of the molecule is O=c1ccc(-c2cc(F)cc(F)c2)nn1C[C@@H]1CN(c2ncc(Br)cn2)CCO1. The number of hydrogen-bond donors (Lipinski definition) is 0. The van der Waals surface area contributed by atoms with Crippen LogP contribution in [0.2, 0.25) is 0 Å². The molecule has 1 saturated heterocycles. The zero-order valence-electron chi connectivity index (χ0n) is 15.1. The summed E-state index contributed by atoms with van der Waals surface area (Å²) in [4.78, 5) is 22.8. The van der Waals surface area contributed by atoms with E-state index in [2.05, 4.69) is 31.0 Å². The molecular formula is C19H16BrF2N5O2. The highest BCUT2D eigenvalue weighted by atomic mass is 79.9. The van der Waals surface area contributed by atoms with Gasteiger partial charge in [-0.05, 0) is 34.1 Å². The zero-order chi connectivity index (χ0) is 20.4. The fourth-order valence-corrected chi connectivity index (χ4v) is 3.31. The van der Waals surface area contributed by atoms with Crippen LogP contribution >= 0.6 is 15.9 Å². The van der Waals surface area contributed by atoms with Gasteiger partial charge in [0.15, 0.2) is 0 Å². The monoisotopic (exact) mass is 463 g/mol. The summed E-state index contributed by atoms with van der Waals surface area (Å²) < 4.78 is 34.8. The maximum atomic E-state index is 13.5. The Morgan fingerprint density at radius 1 is 1.14 bits per heavy atom. The number of morpholine rings is 1. The highest BCUT2D eigenvalue weighted by molar-refractivity contribution is 9.10. The predicted molar refractivity (Wildman–Crippen MR) is 106 cm³/mol. The Hall–Kier alpha value is -2.72. The van der Waals surface area contributed by atoms with E-state index in [0.717, 1.165) is 10.5 Å². The summed E-state index contributed by atoms with van der Waals surface area (Å²) in [7, 11) is 0. The normalized spacial score (nSPS) is 16.8. The van der Waals surface area contributed by atoms with Crippen LogP contribution in [0.5, 0.6) is 0 Å². The minimum atomic E-state index is -0.708. The van der Waals surface area contributed by atoms with Crippen LogP contribution in [0.15, 0.2) is 52.0 Å². The molecule has 1 aromatic carbocycles. The van der Waals surface area contributed by atoms with Gasteiger partial charge in [0.1, 0.15) is 11.6 Å². The van der Waals surface area contributed by atoms with Gasteiger partial charge >= 0.3 is 0 Å². The lowest BCUT2D eigenvalue weighted by atomic mass is 10.1. The van der Waals surface area contributed by atoms with Crippen LogP contribution in [-0.4, -0.2) is 45.5 Å². The zero-order valence-corrected chi connectivity index (χ0v) is 16.7. The van der Waals surface area contributed by atoms with Crippen molar-refractivity contribution in [1.29, 1.82) is 0 Å². The molecule has 150 valence electrons. The van der Waals surface area contributed by atoms with Gasteiger partial charge < -0.3 is 9.64 Å². The maximum absolute atomic E-state index is 13.5. The fraction of sp³-hybridized carbons (Fsp3) is 0.263. The topological polar surface area (TPSA) is 73.1 Å². The molecule has 10 heteroatoms. The Bertz CT molecular complexity index is 1060. The van der Waals surface area contributed by atoms with Crippen LogP contribution in [-0.2, 0) is 11.3 Å². The Balaban J connectivity index is 1.54. The van der Waals surface area contributed by atoms with Crippen molar-refractivity contribution in [2.24, 2.45) is 0 Å². The number of nitrogens with zero attached hydrogens (tertiary/aromatic N) is 5. The molecule has 1 aliphatic heterocycles. The molecule has 0 amide bonds. The van der Waals surface area contributed by atoms with Crippen LogP contribution in [0.1, 0.15) is 0 Å². The van der Waals surface area contributed by atoms with E-state index in [1.807, 2.05) is 4.90 Å². The largest absolute Gasteiger partial charge is 0.373 e. The van der Waals surface area contributed by atoms with Gasteiger partial charge in [0.05, 0.1) is 29.4 Å². The molecule has 3 heterocycles. The fourth-order valence-electron chi connectivity index (χ4n) is 3.11. The summed E-state index contributed by atoms with van der Waals surface area (Å²) in [6.45, 7) is 1.75. The van der Waals surface area contributed by atoms with Crippen molar-refractivity contribution in [3.63, 3.8) is 0 Å². The maximum Gasteiger partial charge on any atom is 0.266 e. The average molecular weight is 464 g/mol. The van der Waals surface area contributed by atoms with Gasteiger partial charge in [-0.2, -0.15) is 5.10 Å². The average Bonchev–Trinajstić information content (AvgIpc) is 2.70. The molecule has 0 aliphatic carbocycles. The third kappa shape index (κ3) is 4.65. The lowest BCUT2D eigenvalue weighted by Crippen LogP contribution is -2.46. The summed E-state index contributed by atoms with van der Waals surface area (Å²) >= 11 is 3.31. The van der Waals surface area contributed by atoms with Crippen LogP contribution in [0.25, 0.3) is 11.3 Å². The van der Waals surface area contributed by atoms with Gasteiger partial charge in [-0.25, -0.2) is 23.4 Å². The molecule has 7 nitrogen and oxygen atoms in total. The second-order valence-corrected chi connectivity index (χ2v) is 7.45. The summed E-state index contributed by atoms with van der Waals surface area (Å²) in [6.07, 6.45) is 3.02. The molecule has 0 bridgehead atoms. The van der Waals surface area contributed by atoms with Crippen molar-refractivity contribution in [1.82, 2.24) is 19.7 Å². The standard InChI is InChI=1S/C19H16BrF2N5O2/c20-13-8-23-19(24-9-13)26-3-4-29-16(10-26)11-27-18(28)2-1-17(25-27)12-5-14(21)7-15(22)6-12/h1-2,5-9,16H,3-4,10-11H2/t16-/m0/s1. The number of benzene rings is 1. The van der Waals surface area contributed by atoms with E-state index in [9.17, 15) is 13.6 Å². The summed E-state index contributed by atoms with van der Waals surface area (Å²) in [5, 5.41) is 4.26. The molecule has 2 aromatic heterocycles. The van der Waals surface area contributed by atoms with Gasteiger partial charge in [-0.15, -0.1) is 0 Å². The van der Waals surface area contributed by atoms with Gasteiger partial charge in [0.25, 0.3) is 5.56 Å². The molecule has 0 saturated carbocycles. The predicted octanol–water partition coefficient (Wildman–Crippen LogP) is 2.65. The number of halogens is 3. The summed E-state index contributed by atoms with van der Waals surface area (Å²) in [5.41, 5.74) is 0.226. The molecule has 1 fully saturated rings. The minimum absolute atomic E-state index is 0.192. The van der Waals surface area contributed by atoms with Gasteiger partial charge in [0, 0.05) is 43.2 Å². The smallest absolute Gasteiger partial charge is 0.266 e. The first-order chi connectivity index (χ1) is 14.0. The van der Waals surface area contributed by atoms with Crippen molar-refractivity contribution in [2.45, 2.75) is 12.6 Å². The number of hydrogen-bond acceptors (Lipinski definition) is 6. The van der Waals surface area contributed by atoms with Crippen molar-refractivity contribution < 1.29 is 13.5 Å². The molecule has 0 spiro atoms. The van der Waals surface area contributed by atoms with E-state index in [-0.39, 0.29) is 23.8 Å². The number of rotatable bonds is 4. The summed E-state index contributed by atoms with van der Waals surface area (Å²) in [5.74, 6) is -0.841. The molecule has 0 N–H and O–H groups in total. The number of aromatic nitrogens is 4. The van der Waals surface area contributed by atoms with E-state index >= 15 is 0 Å². The molecule has 3 aromatic rings. The number of ether oxygens (including phenoxy) is 1. The van der Waals surface area contributed by atoms with Gasteiger partial charge in [0.2, 0.25) is 5.95 Å². The highest BCUT2D eigenvalue weighted by Crippen LogP contribution is 2.19. The van der Waals surface area contributed by atoms with Gasteiger partial charge in [-0.3, -0.25) is 4.79 Å². The van der Waals surface area contributed by atoms with Crippen molar-refractivity contribution in [3.8, 4) is 11.3 Å². The third-order valence-corrected chi connectivity index (χ3v) is 4.84. The Labute approximate surface area is 173 Å². The Kier molecular flexibility index (Phi) is 5.63. The summed E-state index contributed by atoms with van der Waals surface area (Å²) in [6, 6.07) is 5.89. The van der Waals surface area contributed by atoms with Crippen molar-refractivity contribution in [2.75, 3.05) is 24.6 Å². The van der Waals surface area contributed by atoms with E-state index in [1.165, 1.54) is 28.9 Å². The van der Waals surface area contributed by atoms with Crippen LogP contribution in [0.3, 0.4) is 0 Å². The Morgan fingerprint density at radius 3 is 2.59 bits per heavy atom. The van der Waals surface area contributed by atoms with E-state index in [1.54, 1.807) is 12.4 Å². The highest BCUT2D eigenvalue weighted by Gasteiger charge is 2.23. The molecule has 4 rings (SSSR count). The molecular weight excluding hydrogens is 448 g/mol. The minimum Gasteiger partial charge on any atom is -0.373 e. The second-order valence-electron chi connectivity index (χ2n) is 6.54. The molecule has 29 heavy (non-hydrogen) atoms. The number of anilines is 1. The first kappa shape index (κ1) is 19.6. The van der Waals surface area contributed by atoms with Crippen LogP contribution in [0.4, 0.5) is 14.7 Å². The first-order valence-corrected chi connectivity index (χ1v) is 9.66. The van der Waals surface area contributed by atoms with Crippen molar-refractivity contribution in [3.05, 3.63) is 69.2 Å². The Morgan fingerprint density at radius 2 is 1.86 bits per heavy atom. The third-order valence-electron chi connectivity index (χ3n) is 4.43. The van der Waals surface area contributed by atoms with E-state index < -0.39 is 11.6 Å². The van der Waals surface area contributed by atoms with Gasteiger partial charge in [-0.1, -0.05) is 0 Å². The molecule has 1 aliphatic rings. The first-order valence-electron chi connectivity index (χ1n) is 8.87. The van der Waals surface area contributed by atoms with Crippen molar-refractivity contribution >= 4 is 21.9 Å². The molecule has 1 atom stereocenters. The van der Waals surface area contributed by atoms with E-state index in [0.29, 0.717) is 31.3 Å². The molecule has 0 radical (unpaired) electrons. The van der Waals surface area contributed by atoms with Crippen LogP contribution < -0.4 is 10.5 Å². The second kappa shape index (κ2) is 8.34. The lowest BCUT2D eigenvalue weighted by Gasteiger charge is -2.32. The lowest BCUT2D eigenvalue weighted by molar-refractivity contribution is 0.0260. The van der Waals surface area contributed by atoms with Crippen LogP contribution in [0, 0.1) is 11.6 Å². The molecule has 0 unspecified atom stereocenters.